The third-order valence-electron chi connectivity index (χ3n) is 11.0. The first-order valence-electron chi connectivity index (χ1n) is 19.3. The molecule has 0 bridgehead atoms. The van der Waals surface area contributed by atoms with Crippen LogP contribution in [-0.4, -0.2) is 11.8 Å². The number of hydrogen-bond donors (Lipinski definition) is 0. The number of benzene rings is 6. The number of anilines is 2. The minimum atomic E-state index is -5.39. The maximum atomic E-state index is 18.2. The van der Waals surface area contributed by atoms with E-state index in [0.717, 1.165) is 12.1 Å². The van der Waals surface area contributed by atoms with E-state index in [1.807, 2.05) is 12.1 Å². The van der Waals surface area contributed by atoms with Gasteiger partial charge in [-0.1, -0.05) is 0 Å². The van der Waals surface area contributed by atoms with Crippen LogP contribution in [0.25, 0.3) is 0 Å². The molecule has 6 aromatic carbocycles. The molecule has 292 valence electrons. The van der Waals surface area contributed by atoms with Gasteiger partial charge >= 0.3 is 346 Å². The summed E-state index contributed by atoms with van der Waals surface area (Å²) >= 11 is -5.39. The topological polar surface area (TPSA) is 40.6 Å². The second kappa shape index (κ2) is 17.3. The monoisotopic (exact) mass is 822 g/mol. The van der Waals surface area contributed by atoms with Gasteiger partial charge in [-0.05, 0) is 0 Å². The number of hydrogen-bond acceptors (Lipinski definition) is 2. The van der Waals surface area contributed by atoms with Crippen LogP contribution in [0.15, 0.2) is 194 Å². The van der Waals surface area contributed by atoms with Gasteiger partial charge in [-0.3, -0.25) is 0 Å². The van der Waals surface area contributed by atoms with E-state index in [1.165, 1.54) is 21.9 Å². The fourth-order valence-corrected chi connectivity index (χ4v) is 17.1. The Bertz CT molecular complexity index is 2410. The van der Waals surface area contributed by atoms with Crippen molar-refractivity contribution in [2.45, 2.75) is 21.5 Å². The molecule has 0 spiro atoms. The van der Waals surface area contributed by atoms with Crippen LogP contribution in [0.4, 0.5) is 28.9 Å². The SMILES string of the molecule is O=C(c1ccccc1)N(Cc1ccccc1)c1ccc(F)[c]([Ti]([c]2c(F)ccc(N(Cc3ccccc3)C(=O)c3ccccc3)c2F)([CH]2C=CC=C2)[CH]2C=CC=C2)c1F. The van der Waals surface area contributed by atoms with Crippen molar-refractivity contribution in [1.82, 2.24) is 0 Å². The zero-order valence-corrected chi connectivity index (χ0v) is 33.3. The quantitative estimate of drug-likeness (QED) is 0.0911. The zero-order chi connectivity index (χ0) is 40.9. The van der Waals surface area contributed by atoms with Crippen LogP contribution in [0.1, 0.15) is 31.8 Å². The number of rotatable bonds is 12. The molecule has 2 aliphatic rings. The van der Waals surface area contributed by atoms with Gasteiger partial charge in [0.2, 0.25) is 0 Å². The van der Waals surface area contributed by atoms with E-state index in [2.05, 4.69) is 0 Å². The maximum absolute atomic E-state index is 18.2. The molecule has 0 unspecified atom stereocenters. The average Bonchev–Trinajstić information content (AvgIpc) is 4.03. The minimum absolute atomic E-state index is 0.0721. The molecule has 2 aliphatic carbocycles. The summed E-state index contributed by atoms with van der Waals surface area (Å²) < 4.78 is 68.3. The zero-order valence-electron chi connectivity index (χ0n) is 31.8. The molecule has 0 heterocycles. The number of halogens is 4. The summed E-state index contributed by atoms with van der Waals surface area (Å²) in [5, 5.41) is 0. The summed E-state index contributed by atoms with van der Waals surface area (Å²) in [6.45, 7) is -0.144. The van der Waals surface area contributed by atoms with Crippen molar-refractivity contribution < 1.29 is 43.7 Å². The summed E-state index contributed by atoms with van der Waals surface area (Å²) in [6, 6.07) is 39.4. The number of carbonyl (C=O) groups is 2. The summed E-state index contributed by atoms with van der Waals surface area (Å²) in [7, 11) is 0. The Labute approximate surface area is 344 Å². The Balaban J connectivity index is 1.40. The van der Waals surface area contributed by atoms with E-state index >= 15 is 17.6 Å². The summed E-state index contributed by atoms with van der Waals surface area (Å²) in [4.78, 5) is 31.2. The fourth-order valence-electron chi connectivity index (χ4n) is 8.28. The van der Waals surface area contributed by atoms with Crippen LogP contribution in [-0.2, 0) is 29.7 Å². The van der Waals surface area contributed by atoms with Crippen LogP contribution in [0.3, 0.4) is 0 Å². The van der Waals surface area contributed by atoms with Crippen molar-refractivity contribution >= 4 is 30.9 Å². The van der Waals surface area contributed by atoms with Gasteiger partial charge in [-0.15, -0.1) is 0 Å². The van der Waals surface area contributed by atoms with Gasteiger partial charge in [0.15, 0.2) is 0 Å². The van der Waals surface area contributed by atoms with Crippen molar-refractivity contribution in [2.75, 3.05) is 9.80 Å². The van der Waals surface area contributed by atoms with Crippen LogP contribution < -0.4 is 17.5 Å². The molecule has 0 radical (unpaired) electrons. The van der Waals surface area contributed by atoms with Gasteiger partial charge in [0, 0.05) is 0 Å². The summed E-state index contributed by atoms with van der Waals surface area (Å²) in [5.74, 6) is -5.18. The first-order valence-corrected chi connectivity index (χ1v) is 22.6. The number of amides is 2. The Morgan fingerprint density at radius 1 is 0.441 bits per heavy atom. The normalized spacial score (nSPS) is 13.6. The van der Waals surface area contributed by atoms with Gasteiger partial charge < -0.3 is 0 Å². The molecular weight excluding hydrogens is 784 g/mol. The summed E-state index contributed by atoms with van der Waals surface area (Å²) in [6.07, 6.45) is 13.8. The van der Waals surface area contributed by atoms with Crippen molar-refractivity contribution in [3.05, 3.63) is 240 Å². The van der Waals surface area contributed by atoms with E-state index in [4.69, 9.17) is 0 Å². The molecule has 0 aromatic heterocycles. The molecule has 0 saturated heterocycles. The predicted octanol–water partition coefficient (Wildman–Crippen LogP) is 10.9. The van der Waals surface area contributed by atoms with Gasteiger partial charge in [-0.2, -0.15) is 0 Å². The Morgan fingerprint density at radius 2 is 0.763 bits per heavy atom. The second-order valence-corrected chi connectivity index (χ2v) is 20.8. The molecule has 8 rings (SSSR count). The predicted molar refractivity (Wildman–Crippen MR) is 223 cm³/mol. The van der Waals surface area contributed by atoms with E-state index in [9.17, 15) is 9.59 Å². The van der Waals surface area contributed by atoms with Crippen LogP contribution in [0.2, 0.25) is 8.45 Å². The Hall–Kier alpha value is -6.35. The molecule has 9 heteroatoms. The van der Waals surface area contributed by atoms with Crippen molar-refractivity contribution in [2.24, 2.45) is 0 Å². The van der Waals surface area contributed by atoms with Gasteiger partial charge in [0.25, 0.3) is 0 Å². The first-order chi connectivity index (χ1) is 28.8. The Kier molecular flexibility index (Phi) is 11.5. The molecule has 4 nitrogen and oxygen atoms in total. The second-order valence-electron chi connectivity index (χ2n) is 14.5. The van der Waals surface area contributed by atoms with Crippen LogP contribution >= 0.6 is 0 Å². The molecule has 0 aliphatic heterocycles. The molecule has 6 aromatic rings. The Morgan fingerprint density at radius 3 is 1.10 bits per heavy atom. The van der Waals surface area contributed by atoms with Gasteiger partial charge in [0.05, 0.1) is 0 Å². The van der Waals surface area contributed by atoms with Crippen LogP contribution in [0, 0.1) is 23.3 Å². The van der Waals surface area contributed by atoms with E-state index in [1.54, 1.807) is 158 Å². The van der Waals surface area contributed by atoms with E-state index < -0.39 is 67.9 Å². The van der Waals surface area contributed by atoms with E-state index in [0.29, 0.717) is 11.1 Å². The number of nitrogens with zero attached hydrogens (tertiary/aromatic N) is 2. The van der Waals surface area contributed by atoms with Crippen molar-refractivity contribution in [3.8, 4) is 0 Å². The van der Waals surface area contributed by atoms with Crippen LogP contribution in [0.5, 0.6) is 0 Å². The third kappa shape index (κ3) is 7.58. The molecule has 0 N–H and O–H groups in total. The molecule has 2 amide bonds. The average molecular weight is 823 g/mol. The molecule has 0 fully saturated rings. The number of allylic oxidation sites excluding steroid dienone is 8. The first kappa shape index (κ1) is 39.5. The molecule has 0 atom stereocenters. The third-order valence-corrected chi connectivity index (χ3v) is 19.5. The fraction of sp³-hybridized carbons (Fsp3) is 0.0800. The van der Waals surface area contributed by atoms with Gasteiger partial charge in [-0.25, -0.2) is 0 Å². The standard InChI is InChI=1S/2C20H14F2NO.2C5H5.Ti/c2*21-17-11-12-19(18(22)13-17)23(14-15-7-3-1-4-8-15)20(24)16-9-5-2-6-10-16;2*1-2-4-5-3-1;/h2*1-12H,14H2;2*1-5H;. The van der Waals surface area contributed by atoms with Gasteiger partial charge in [0.1, 0.15) is 0 Å². The summed E-state index contributed by atoms with van der Waals surface area (Å²) in [5.41, 5.74) is 1.46. The molecule has 0 saturated carbocycles. The van der Waals surface area contributed by atoms with E-state index in [-0.39, 0.29) is 35.6 Å². The molecular formula is C50H38F4N2O2Ti. The van der Waals surface area contributed by atoms with Crippen molar-refractivity contribution in [1.29, 1.82) is 0 Å². The number of carbonyl (C=O) groups excluding carboxylic acids is 2. The van der Waals surface area contributed by atoms with Crippen molar-refractivity contribution in [3.63, 3.8) is 0 Å². The molecule has 59 heavy (non-hydrogen) atoms.